The van der Waals surface area contributed by atoms with Crippen LogP contribution in [0.3, 0.4) is 0 Å². The molecule has 1 fully saturated rings. The van der Waals surface area contributed by atoms with E-state index >= 15 is 0 Å². The number of anilines is 1. The lowest BCUT2D eigenvalue weighted by Gasteiger charge is -2.21. The van der Waals surface area contributed by atoms with Gasteiger partial charge in [-0.3, -0.25) is 14.5 Å². The lowest BCUT2D eigenvalue weighted by Crippen LogP contribution is -2.28. The summed E-state index contributed by atoms with van der Waals surface area (Å²) in [7, 11) is 0. The lowest BCUT2D eigenvalue weighted by atomic mass is 10.00. The molecule has 0 aliphatic carbocycles. The first-order valence-electron chi connectivity index (χ1n) is 11.3. The fourth-order valence-corrected chi connectivity index (χ4v) is 6.31. The zero-order chi connectivity index (χ0) is 24.7. The minimum Gasteiger partial charge on any atom is -0.507 e. The molecule has 0 spiro atoms. The molecule has 4 aromatic rings. The Morgan fingerprint density at radius 3 is 2.71 bits per heavy atom. The Labute approximate surface area is 211 Å². The quantitative estimate of drug-likeness (QED) is 0.187. The second kappa shape index (κ2) is 9.28. The molecule has 0 radical (unpaired) electrons. The van der Waals surface area contributed by atoms with E-state index < -0.39 is 17.7 Å². The molecule has 3 heterocycles. The molecule has 2 aromatic heterocycles. The number of ether oxygens (including phenoxy) is 1. The van der Waals surface area contributed by atoms with E-state index in [-0.39, 0.29) is 11.3 Å². The summed E-state index contributed by atoms with van der Waals surface area (Å²) in [5.41, 5.74) is 3.40. The van der Waals surface area contributed by atoms with Crippen molar-refractivity contribution in [3.05, 3.63) is 81.1 Å². The number of amides is 1. The molecule has 1 aliphatic heterocycles. The van der Waals surface area contributed by atoms with E-state index in [1.165, 1.54) is 27.6 Å². The maximum Gasteiger partial charge on any atom is 0.301 e. The highest BCUT2D eigenvalue weighted by molar-refractivity contribution is 7.22. The highest BCUT2D eigenvalue weighted by Crippen LogP contribution is 2.46. The molecular weight excluding hydrogens is 480 g/mol. The number of rotatable bonds is 6. The molecule has 1 atom stereocenters. The van der Waals surface area contributed by atoms with Gasteiger partial charge in [0.15, 0.2) is 5.13 Å². The van der Waals surface area contributed by atoms with Crippen molar-refractivity contribution in [3.63, 3.8) is 0 Å². The number of fused-ring (bicyclic) bond motifs is 1. The van der Waals surface area contributed by atoms with Crippen molar-refractivity contribution in [1.82, 2.24) is 4.98 Å². The van der Waals surface area contributed by atoms with Crippen LogP contribution in [0.5, 0.6) is 5.75 Å². The van der Waals surface area contributed by atoms with Crippen LogP contribution in [-0.4, -0.2) is 28.4 Å². The van der Waals surface area contributed by atoms with Gasteiger partial charge in [0, 0.05) is 10.4 Å². The average Bonchev–Trinajstić information content (AvgIpc) is 3.56. The molecule has 1 amide bonds. The maximum atomic E-state index is 13.4. The Kier molecular flexibility index (Phi) is 6.17. The number of thiophene rings is 1. The Morgan fingerprint density at radius 2 is 1.97 bits per heavy atom. The van der Waals surface area contributed by atoms with Gasteiger partial charge in [-0.2, -0.15) is 0 Å². The number of benzene rings is 2. The summed E-state index contributed by atoms with van der Waals surface area (Å²) in [6.45, 7) is 6.55. The number of hydrogen-bond acceptors (Lipinski definition) is 7. The average molecular weight is 505 g/mol. The molecule has 1 aliphatic rings. The number of carbonyl (C=O) groups excluding carboxylic acids is 2. The van der Waals surface area contributed by atoms with Gasteiger partial charge < -0.3 is 9.84 Å². The first-order chi connectivity index (χ1) is 16.9. The molecule has 35 heavy (non-hydrogen) atoms. The van der Waals surface area contributed by atoms with Gasteiger partial charge in [0.05, 0.1) is 22.4 Å². The number of thiazole rings is 1. The van der Waals surface area contributed by atoms with Gasteiger partial charge in [0.25, 0.3) is 5.78 Å². The van der Waals surface area contributed by atoms with Crippen LogP contribution in [0.4, 0.5) is 5.13 Å². The van der Waals surface area contributed by atoms with Gasteiger partial charge in [-0.15, -0.1) is 11.3 Å². The number of aliphatic hydroxyl groups is 1. The molecule has 0 saturated carbocycles. The minimum atomic E-state index is -0.766. The summed E-state index contributed by atoms with van der Waals surface area (Å²) in [6, 6.07) is 14.0. The molecule has 8 heteroatoms. The van der Waals surface area contributed by atoms with Gasteiger partial charge in [-0.25, -0.2) is 4.98 Å². The lowest BCUT2D eigenvalue weighted by molar-refractivity contribution is -0.132. The van der Waals surface area contributed by atoms with Crippen LogP contribution >= 0.6 is 22.7 Å². The van der Waals surface area contributed by atoms with E-state index in [0.29, 0.717) is 23.1 Å². The summed E-state index contributed by atoms with van der Waals surface area (Å²) in [5, 5.41) is 13.7. The molecule has 1 unspecified atom stereocenters. The van der Waals surface area contributed by atoms with E-state index in [2.05, 4.69) is 0 Å². The fraction of sp³-hybridized carbons (Fsp3) is 0.222. The van der Waals surface area contributed by atoms with Crippen LogP contribution in [0.2, 0.25) is 0 Å². The molecule has 6 nitrogen and oxygen atoms in total. The largest absolute Gasteiger partial charge is 0.507 e. The van der Waals surface area contributed by atoms with Crippen molar-refractivity contribution in [2.75, 3.05) is 11.5 Å². The highest BCUT2D eigenvalue weighted by Gasteiger charge is 2.48. The maximum absolute atomic E-state index is 13.4. The normalized spacial score (nSPS) is 17.5. The molecule has 2 aromatic carbocycles. The number of hydrogen-bond donors (Lipinski definition) is 1. The van der Waals surface area contributed by atoms with Crippen LogP contribution in [0.1, 0.15) is 41.0 Å². The van der Waals surface area contributed by atoms with Crippen LogP contribution < -0.4 is 9.64 Å². The highest BCUT2D eigenvalue weighted by atomic mass is 32.1. The van der Waals surface area contributed by atoms with E-state index in [1.807, 2.05) is 50.4 Å². The molecular formula is C27H24N2O4S2. The molecule has 5 rings (SSSR count). The van der Waals surface area contributed by atoms with Crippen molar-refractivity contribution in [2.45, 2.75) is 33.2 Å². The third kappa shape index (κ3) is 4.13. The number of aliphatic hydroxyl groups excluding tert-OH is 1. The SMILES string of the molecule is CCCOc1cccc(C(O)=C2C(=O)C(=O)N(c3nc4c(C)cc(C)cc4s3)C2c2cccs2)c1. The van der Waals surface area contributed by atoms with Crippen molar-refractivity contribution in [3.8, 4) is 5.75 Å². The zero-order valence-corrected chi connectivity index (χ0v) is 21.2. The third-order valence-electron chi connectivity index (χ3n) is 5.86. The van der Waals surface area contributed by atoms with Gasteiger partial charge in [-0.1, -0.05) is 42.5 Å². The summed E-state index contributed by atoms with van der Waals surface area (Å²) >= 11 is 2.80. The summed E-state index contributed by atoms with van der Waals surface area (Å²) < 4.78 is 6.65. The van der Waals surface area contributed by atoms with Gasteiger partial charge in [-0.05, 0) is 61.0 Å². The molecule has 178 valence electrons. The zero-order valence-electron chi connectivity index (χ0n) is 19.6. The molecule has 1 N–H and O–H groups in total. The Bertz CT molecular complexity index is 1470. The number of ketones is 1. The fourth-order valence-electron chi connectivity index (χ4n) is 4.32. The number of carbonyl (C=O) groups is 2. The van der Waals surface area contributed by atoms with E-state index in [1.54, 1.807) is 24.3 Å². The Morgan fingerprint density at radius 1 is 1.14 bits per heavy atom. The van der Waals surface area contributed by atoms with Crippen molar-refractivity contribution < 1.29 is 19.4 Å². The van der Waals surface area contributed by atoms with Gasteiger partial charge >= 0.3 is 5.91 Å². The van der Waals surface area contributed by atoms with E-state index in [0.717, 1.165) is 32.6 Å². The number of Topliss-reactive ketones (excluding diaryl/α,β-unsaturated/α-hetero) is 1. The topological polar surface area (TPSA) is 79.7 Å². The molecule has 1 saturated heterocycles. The number of nitrogens with zero attached hydrogens (tertiary/aromatic N) is 2. The molecule has 0 bridgehead atoms. The predicted octanol–water partition coefficient (Wildman–Crippen LogP) is 6.39. The van der Waals surface area contributed by atoms with Crippen molar-refractivity contribution in [1.29, 1.82) is 0 Å². The van der Waals surface area contributed by atoms with E-state index in [4.69, 9.17) is 9.72 Å². The van der Waals surface area contributed by atoms with Crippen molar-refractivity contribution in [2.24, 2.45) is 0 Å². The first-order valence-corrected chi connectivity index (χ1v) is 13.0. The minimum absolute atomic E-state index is 0.0530. The second-order valence-electron chi connectivity index (χ2n) is 8.49. The van der Waals surface area contributed by atoms with Gasteiger partial charge in [0.2, 0.25) is 0 Å². The number of aryl methyl sites for hydroxylation is 2. The third-order valence-corrected chi connectivity index (χ3v) is 7.79. The smallest absolute Gasteiger partial charge is 0.301 e. The Hall–Kier alpha value is -3.49. The second-order valence-corrected chi connectivity index (χ2v) is 10.5. The van der Waals surface area contributed by atoms with Crippen LogP contribution in [0.15, 0.2) is 59.5 Å². The standard InChI is InChI=1S/C27H24N2O4S2/c1-4-10-33-18-8-5-7-17(14-18)24(30)21-23(19-9-6-11-34-19)29(26(32)25(21)31)27-28-22-16(3)12-15(2)13-20(22)35-27/h5-9,11-14,23,30H,4,10H2,1-3H3. The monoisotopic (exact) mass is 504 g/mol. The predicted molar refractivity (Wildman–Crippen MR) is 140 cm³/mol. The number of aromatic nitrogens is 1. The Balaban J connectivity index is 1.66. The van der Waals surface area contributed by atoms with Crippen LogP contribution in [0, 0.1) is 13.8 Å². The van der Waals surface area contributed by atoms with Crippen LogP contribution in [-0.2, 0) is 9.59 Å². The van der Waals surface area contributed by atoms with Crippen molar-refractivity contribution >= 4 is 55.5 Å². The summed E-state index contributed by atoms with van der Waals surface area (Å²) in [6.07, 6.45) is 0.848. The first kappa shape index (κ1) is 23.3. The summed E-state index contributed by atoms with van der Waals surface area (Å²) in [5.74, 6) is -1.06. The van der Waals surface area contributed by atoms with Gasteiger partial charge in [0.1, 0.15) is 17.6 Å². The van der Waals surface area contributed by atoms with E-state index in [9.17, 15) is 14.7 Å². The summed E-state index contributed by atoms with van der Waals surface area (Å²) in [4.78, 5) is 33.7. The van der Waals surface area contributed by atoms with Crippen LogP contribution in [0.25, 0.3) is 16.0 Å².